The molecule has 1 aliphatic heterocycles. The standard InChI is InChI=1S/C27H22F5N5O.ClH/c1-16-15-36(12-13-37(16)26(38)33-23-11-10-19(29)14-22(23)27(30,31)32)25-21-5-3-2-4-20(21)24(34-35-25)17-6-8-18(28)9-7-17;/h2-11,14,16H,12-13,15H2,1H3,(H,33,38);1H. The third-order valence-electron chi connectivity index (χ3n) is 6.50. The van der Waals surface area contributed by atoms with E-state index in [9.17, 15) is 26.7 Å². The first-order chi connectivity index (χ1) is 18.1. The normalized spacial score (nSPS) is 15.7. The second-order valence-corrected chi connectivity index (χ2v) is 9.03. The summed E-state index contributed by atoms with van der Waals surface area (Å²) in [5, 5.41) is 12.8. The maximum Gasteiger partial charge on any atom is 0.418 e. The number of benzene rings is 3. The van der Waals surface area contributed by atoms with Crippen molar-refractivity contribution in [1.29, 1.82) is 0 Å². The number of urea groups is 1. The number of alkyl halides is 3. The minimum absolute atomic E-state index is 0. The Balaban J connectivity index is 0.00000353. The third-order valence-corrected chi connectivity index (χ3v) is 6.50. The van der Waals surface area contributed by atoms with E-state index in [0.717, 1.165) is 28.5 Å². The number of hydrogen-bond donors (Lipinski definition) is 1. The Morgan fingerprint density at radius 3 is 2.26 bits per heavy atom. The van der Waals surface area contributed by atoms with Crippen LogP contribution in [0.5, 0.6) is 0 Å². The Morgan fingerprint density at radius 2 is 1.59 bits per heavy atom. The number of amides is 2. The van der Waals surface area contributed by atoms with Crippen molar-refractivity contribution in [3.05, 3.63) is 83.9 Å². The van der Waals surface area contributed by atoms with Crippen molar-refractivity contribution in [1.82, 2.24) is 15.1 Å². The van der Waals surface area contributed by atoms with E-state index in [2.05, 4.69) is 15.5 Å². The summed E-state index contributed by atoms with van der Waals surface area (Å²) in [4.78, 5) is 16.3. The molecule has 0 saturated carbocycles. The Morgan fingerprint density at radius 1 is 0.923 bits per heavy atom. The molecule has 1 saturated heterocycles. The largest absolute Gasteiger partial charge is 0.418 e. The van der Waals surface area contributed by atoms with Crippen LogP contribution in [-0.2, 0) is 6.18 Å². The molecule has 204 valence electrons. The van der Waals surface area contributed by atoms with Crippen molar-refractivity contribution < 1.29 is 26.7 Å². The average molecular weight is 564 g/mol. The highest BCUT2D eigenvalue weighted by Crippen LogP contribution is 2.36. The van der Waals surface area contributed by atoms with Crippen LogP contribution in [0.15, 0.2) is 66.7 Å². The highest BCUT2D eigenvalue weighted by molar-refractivity contribution is 6.00. The summed E-state index contributed by atoms with van der Waals surface area (Å²) in [6.07, 6.45) is -4.82. The lowest BCUT2D eigenvalue weighted by molar-refractivity contribution is -0.137. The van der Waals surface area contributed by atoms with E-state index in [0.29, 0.717) is 30.7 Å². The van der Waals surface area contributed by atoms with Gasteiger partial charge >= 0.3 is 12.2 Å². The number of rotatable bonds is 3. The molecule has 0 radical (unpaired) electrons. The quantitative estimate of drug-likeness (QED) is 0.280. The lowest BCUT2D eigenvalue weighted by atomic mass is 10.0. The number of piperazine rings is 1. The monoisotopic (exact) mass is 563 g/mol. The zero-order valence-electron chi connectivity index (χ0n) is 20.5. The molecule has 1 aromatic heterocycles. The molecule has 2 heterocycles. The Kier molecular flexibility index (Phi) is 7.91. The zero-order valence-corrected chi connectivity index (χ0v) is 21.4. The number of hydrogen-bond acceptors (Lipinski definition) is 4. The van der Waals surface area contributed by atoms with E-state index in [4.69, 9.17) is 0 Å². The van der Waals surface area contributed by atoms with Gasteiger partial charge in [0.1, 0.15) is 17.3 Å². The second kappa shape index (κ2) is 11.0. The first kappa shape index (κ1) is 28.0. The number of carbonyl (C=O) groups excluding carboxylic acids is 1. The van der Waals surface area contributed by atoms with Gasteiger partial charge in [-0.15, -0.1) is 22.6 Å². The molecule has 0 spiro atoms. The van der Waals surface area contributed by atoms with Gasteiger partial charge in [0, 0.05) is 42.0 Å². The first-order valence-electron chi connectivity index (χ1n) is 11.8. The summed E-state index contributed by atoms with van der Waals surface area (Å²) < 4.78 is 66.9. The van der Waals surface area contributed by atoms with E-state index in [1.165, 1.54) is 17.0 Å². The number of aromatic nitrogens is 2. The fourth-order valence-corrected chi connectivity index (χ4v) is 4.64. The molecule has 2 amide bonds. The summed E-state index contributed by atoms with van der Waals surface area (Å²) >= 11 is 0. The molecule has 1 N–H and O–H groups in total. The number of halogens is 6. The number of carbonyl (C=O) groups is 1. The molecule has 4 aromatic rings. The lowest BCUT2D eigenvalue weighted by Gasteiger charge is -2.40. The van der Waals surface area contributed by atoms with Gasteiger partial charge in [0.25, 0.3) is 0 Å². The molecule has 12 heteroatoms. The van der Waals surface area contributed by atoms with Gasteiger partial charge in [-0.05, 0) is 49.4 Å². The van der Waals surface area contributed by atoms with Gasteiger partial charge < -0.3 is 15.1 Å². The molecule has 1 atom stereocenters. The number of anilines is 2. The van der Waals surface area contributed by atoms with Crippen LogP contribution in [0.2, 0.25) is 0 Å². The van der Waals surface area contributed by atoms with E-state index in [1.54, 1.807) is 19.1 Å². The Hall–Kier alpha value is -3.99. The molecule has 6 nitrogen and oxygen atoms in total. The highest BCUT2D eigenvalue weighted by Gasteiger charge is 2.36. The minimum Gasteiger partial charge on any atom is -0.351 e. The summed E-state index contributed by atoms with van der Waals surface area (Å²) in [6, 6.07) is 14.6. The molecular formula is C27H23ClF5N5O. The average Bonchev–Trinajstić information content (AvgIpc) is 2.89. The van der Waals surface area contributed by atoms with Crippen LogP contribution in [-0.4, -0.2) is 46.8 Å². The molecular weight excluding hydrogens is 541 g/mol. The zero-order chi connectivity index (χ0) is 27.0. The predicted molar refractivity (Wildman–Crippen MR) is 141 cm³/mol. The highest BCUT2D eigenvalue weighted by atomic mass is 35.5. The molecule has 39 heavy (non-hydrogen) atoms. The number of nitrogens with zero attached hydrogens (tertiary/aromatic N) is 4. The summed E-state index contributed by atoms with van der Waals surface area (Å²) in [5.74, 6) is -0.792. The van der Waals surface area contributed by atoms with Gasteiger partial charge in [0.2, 0.25) is 0 Å². The summed E-state index contributed by atoms with van der Waals surface area (Å²) in [5.41, 5.74) is -0.433. The van der Waals surface area contributed by atoms with Gasteiger partial charge in [-0.2, -0.15) is 13.2 Å². The number of nitrogens with one attached hydrogen (secondary N) is 1. The molecule has 1 fully saturated rings. The Labute approximate surface area is 226 Å². The fraction of sp³-hybridized carbons (Fsp3) is 0.222. The van der Waals surface area contributed by atoms with Crippen molar-refractivity contribution in [2.45, 2.75) is 19.1 Å². The summed E-state index contributed by atoms with van der Waals surface area (Å²) in [7, 11) is 0. The predicted octanol–water partition coefficient (Wildman–Crippen LogP) is 6.76. The van der Waals surface area contributed by atoms with Crippen molar-refractivity contribution in [2.75, 3.05) is 29.9 Å². The van der Waals surface area contributed by atoms with Crippen molar-refractivity contribution in [3.8, 4) is 11.3 Å². The SMILES string of the molecule is CC1CN(c2nnc(-c3ccc(F)cc3)c3ccccc23)CCN1C(=O)Nc1ccc(F)cc1C(F)(F)F.Cl. The van der Waals surface area contributed by atoms with Crippen LogP contribution in [0, 0.1) is 11.6 Å². The van der Waals surface area contributed by atoms with Gasteiger partial charge in [-0.3, -0.25) is 0 Å². The molecule has 1 unspecified atom stereocenters. The maximum atomic E-state index is 13.4. The maximum absolute atomic E-state index is 13.4. The smallest absolute Gasteiger partial charge is 0.351 e. The lowest BCUT2D eigenvalue weighted by Crippen LogP contribution is -2.55. The first-order valence-corrected chi connectivity index (χ1v) is 11.8. The van der Waals surface area contributed by atoms with Crippen molar-refractivity contribution >= 4 is 40.7 Å². The minimum atomic E-state index is -4.82. The van der Waals surface area contributed by atoms with Gasteiger partial charge in [-0.1, -0.05) is 24.3 Å². The van der Waals surface area contributed by atoms with E-state index in [1.807, 2.05) is 29.2 Å². The van der Waals surface area contributed by atoms with Crippen molar-refractivity contribution in [2.24, 2.45) is 0 Å². The van der Waals surface area contributed by atoms with Crippen LogP contribution >= 0.6 is 12.4 Å². The van der Waals surface area contributed by atoms with Crippen LogP contribution < -0.4 is 10.2 Å². The van der Waals surface area contributed by atoms with Crippen LogP contribution in [0.25, 0.3) is 22.0 Å². The summed E-state index contributed by atoms with van der Waals surface area (Å²) in [6.45, 7) is 2.72. The van der Waals surface area contributed by atoms with E-state index < -0.39 is 29.3 Å². The van der Waals surface area contributed by atoms with Crippen LogP contribution in [0.3, 0.4) is 0 Å². The molecule has 1 aliphatic rings. The molecule has 3 aromatic carbocycles. The van der Waals surface area contributed by atoms with Crippen molar-refractivity contribution in [3.63, 3.8) is 0 Å². The molecule has 0 aliphatic carbocycles. The van der Waals surface area contributed by atoms with Gasteiger partial charge in [0.15, 0.2) is 5.82 Å². The second-order valence-electron chi connectivity index (χ2n) is 9.03. The van der Waals surface area contributed by atoms with E-state index >= 15 is 0 Å². The molecule has 5 rings (SSSR count). The third kappa shape index (κ3) is 5.73. The van der Waals surface area contributed by atoms with Crippen LogP contribution in [0.1, 0.15) is 12.5 Å². The van der Waals surface area contributed by atoms with Gasteiger partial charge in [-0.25, -0.2) is 13.6 Å². The van der Waals surface area contributed by atoms with E-state index in [-0.39, 0.29) is 30.8 Å². The topological polar surface area (TPSA) is 61.4 Å². The molecule has 0 bridgehead atoms. The number of fused-ring (bicyclic) bond motifs is 1. The Bertz CT molecular complexity index is 1500. The van der Waals surface area contributed by atoms with Crippen LogP contribution in [0.4, 0.5) is 38.3 Å². The van der Waals surface area contributed by atoms with Gasteiger partial charge in [0.05, 0.1) is 11.3 Å². The fourth-order valence-electron chi connectivity index (χ4n) is 4.64.